The lowest BCUT2D eigenvalue weighted by Gasteiger charge is -2.31. The third-order valence-electron chi connectivity index (χ3n) is 7.70. The average Bonchev–Trinajstić information content (AvgIpc) is 3.37. The van der Waals surface area contributed by atoms with Gasteiger partial charge in [-0.2, -0.15) is 13.2 Å². The molecule has 2 aromatic heterocycles. The Kier molecular flexibility index (Phi) is 15.1. The molecule has 0 saturated carbocycles. The van der Waals surface area contributed by atoms with Crippen LogP contribution in [0.2, 0.25) is 0 Å². The summed E-state index contributed by atoms with van der Waals surface area (Å²) in [5.74, 6) is 1.35. The monoisotopic (exact) mass is 608 g/mol. The van der Waals surface area contributed by atoms with Crippen LogP contribution >= 0.6 is 0 Å². The van der Waals surface area contributed by atoms with E-state index in [1.807, 2.05) is 37.3 Å². The molecule has 4 heterocycles. The van der Waals surface area contributed by atoms with E-state index in [1.54, 1.807) is 13.0 Å². The Hall–Kier alpha value is -3.06. The minimum atomic E-state index is -4.40. The van der Waals surface area contributed by atoms with Crippen LogP contribution in [0.25, 0.3) is 5.65 Å². The quantitative estimate of drug-likeness (QED) is 0.404. The number of anilines is 1. The van der Waals surface area contributed by atoms with Gasteiger partial charge in [-0.1, -0.05) is 26.0 Å². The lowest BCUT2D eigenvalue weighted by Crippen LogP contribution is -2.37. The fourth-order valence-electron chi connectivity index (χ4n) is 5.47. The van der Waals surface area contributed by atoms with E-state index in [1.165, 1.54) is 13.1 Å². The molecule has 2 aliphatic heterocycles. The number of imidazole rings is 1. The predicted octanol–water partition coefficient (Wildman–Crippen LogP) is 4.49. The zero-order valence-electron chi connectivity index (χ0n) is 25.9. The molecule has 2 aliphatic rings. The average molecular weight is 609 g/mol. The van der Waals surface area contributed by atoms with Crippen LogP contribution in [0.15, 0.2) is 30.3 Å². The normalized spacial score (nSPS) is 16.0. The molecule has 0 amide bonds. The van der Waals surface area contributed by atoms with E-state index in [9.17, 15) is 18.3 Å². The van der Waals surface area contributed by atoms with Gasteiger partial charge in [-0.3, -0.25) is 4.90 Å². The highest BCUT2D eigenvalue weighted by Gasteiger charge is 2.33. The maximum Gasteiger partial charge on any atom is 0.416 e. The van der Waals surface area contributed by atoms with E-state index >= 15 is 0 Å². The molecule has 0 radical (unpaired) electrons. The van der Waals surface area contributed by atoms with Crippen molar-refractivity contribution in [3.8, 4) is 0 Å². The van der Waals surface area contributed by atoms with Crippen LogP contribution in [-0.4, -0.2) is 84.4 Å². The molecule has 43 heavy (non-hydrogen) atoms. The van der Waals surface area contributed by atoms with Crippen LogP contribution in [0.1, 0.15) is 61.2 Å². The van der Waals surface area contributed by atoms with Gasteiger partial charge < -0.3 is 25.3 Å². The van der Waals surface area contributed by atoms with Crippen LogP contribution < -0.4 is 10.6 Å². The number of halogens is 3. The maximum atomic E-state index is 13.6. The van der Waals surface area contributed by atoms with Crippen LogP contribution in [0.5, 0.6) is 0 Å². The first kappa shape index (κ1) is 36.1. The van der Waals surface area contributed by atoms with Crippen LogP contribution in [0.3, 0.4) is 0 Å². The Balaban J connectivity index is 0.00000101. The summed E-state index contributed by atoms with van der Waals surface area (Å²) >= 11 is 0. The second kappa shape index (κ2) is 17.9. The summed E-state index contributed by atoms with van der Waals surface area (Å²) in [7, 11) is 1.50. The minimum absolute atomic E-state index is 0.217. The van der Waals surface area contributed by atoms with Crippen LogP contribution in [0.4, 0.5) is 19.0 Å². The van der Waals surface area contributed by atoms with Gasteiger partial charge in [0.15, 0.2) is 5.65 Å². The third-order valence-corrected chi connectivity index (χ3v) is 7.70. The summed E-state index contributed by atoms with van der Waals surface area (Å²) in [4.78, 5) is 17.4. The molecule has 3 aromatic rings. The van der Waals surface area contributed by atoms with E-state index in [-0.39, 0.29) is 12.2 Å². The fourth-order valence-corrected chi connectivity index (χ4v) is 5.47. The van der Waals surface area contributed by atoms with Gasteiger partial charge in [-0.25, -0.2) is 9.50 Å². The number of carbonyl (C=O) groups excluding carboxylic acids is 1. The molecule has 240 valence electrons. The number of fused-ring (bicyclic) bond motifs is 1. The molecule has 0 spiro atoms. The Morgan fingerprint density at radius 3 is 2.30 bits per heavy atom. The number of nitrogens with two attached hydrogens (primary N) is 1. The number of rotatable bonds is 7. The summed E-state index contributed by atoms with van der Waals surface area (Å²) < 4.78 is 48.2. The molecule has 0 bridgehead atoms. The molecule has 5 rings (SSSR count). The highest BCUT2D eigenvalue weighted by atomic mass is 19.4. The number of morpholine rings is 1. The van der Waals surface area contributed by atoms with Crippen molar-refractivity contribution in [1.82, 2.24) is 19.5 Å². The number of alkyl halides is 3. The number of benzene rings is 1. The van der Waals surface area contributed by atoms with Crippen LogP contribution in [0, 0.1) is 12.8 Å². The molecule has 2 saturated heterocycles. The Labute approximate surface area is 252 Å². The van der Waals surface area contributed by atoms with E-state index < -0.39 is 11.7 Å². The lowest BCUT2D eigenvalue weighted by molar-refractivity contribution is -0.138. The molecule has 12 heteroatoms. The minimum Gasteiger partial charge on any atom is -0.396 e. The van der Waals surface area contributed by atoms with Gasteiger partial charge >= 0.3 is 6.18 Å². The van der Waals surface area contributed by atoms with Crippen molar-refractivity contribution in [2.24, 2.45) is 11.7 Å². The first-order valence-corrected chi connectivity index (χ1v) is 14.9. The van der Waals surface area contributed by atoms with E-state index in [2.05, 4.69) is 15.5 Å². The topological polar surface area (TPSA) is 109 Å². The summed E-state index contributed by atoms with van der Waals surface area (Å²) in [5.41, 5.74) is 7.13. The largest absolute Gasteiger partial charge is 0.416 e. The summed E-state index contributed by atoms with van der Waals surface area (Å²) in [6.45, 7) is 13.0. The smallest absolute Gasteiger partial charge is 0.396 e. The number of nitrogens with zero attached hydrogens (tertiary/aromatic N) is 5. The third kappa shape index (κ3) is 9.46. The number of likely N-dealkylation sites (tertiary alicyclic amines) is 1. The molecule has 9 nitrogen and oxygen atoms in total. The molecule has 0 atom stereocenters. The highest BCUT2D eigenvalue weighted by molar-refractivity contribution is 5.50. The molecular formula is C31H47F3N6O3. The van der Waals surface area contributed by atoms with Crippen molar-refractivity contribution in [3.05, 3.63) is 58.4 Å². The number of hydrogen-bond donors (Lipinski definition) is 2. The van der Waals surface area contributed by atoms with Crippen molar-refractivity contribution < 1.29 is 27.8 Å². The number of aromatic nitrogens is 3. The summed E-state index contributed by atoms with van der Waals surface area (Å²) in [5, 5.41) is 14.2. The zero-order valence-corrected chi connectivity index (χ0v) is 25.9. The molecule has 2 fully saturated rings. The summed E-state index contributed by atoms with van der Waals surface area (Å²) in [6, 6.07) is 8.28. The molecular weight excluding hydrogens is 561 g/mol. The molecule has 0 aliphatic carbocycles. The van der Waals surface area contributed by atoms with Crippen molar-refractivity contribution in [3.63, 3.8) is 0 Å². The van der Waals surface area contributed by atoms with Crippen molar-refractivity contribution in [2.45, 2.75) is 59.2 Å². The molecule has 0 unspecified atom stereocenters. The van der Waals surface area contributed by atoms with Gasteiger partial charge in [-0.15, -0.1) is 5.10 Å². The number of piperidine rings is 1. The zero-order chi connectivity index (χ0) is 32.0. The number of ether oxygens (including phenoxy) is 1. The van der Waals surface area contributed by atoms with Gasteiger partial charge in [0.2, 0.25) is 0 Å². The highest BCUT2D eigenvalue weighted by Crippen LogP contribution is 2.34. The standard InChI is InChI=1S/C27H34F3N5O2.C2H6.CH5N.CH2O/c1-19-21(3-2-4-22(19)27(28,29)30)17-24-23(18-33-10-7-20(8-11-33)9-14-36)31-25-5-6-26(32-35(24)25)34-12-15-37-16-13-34;3*1-2/h2-6,20,36H,7-18H2,1H3;1-2H3;2H2,1H3;1H2. The number of aliphatic hydroxyl groups excluding tert-OH is 1. The van der Waals surface area contributed by atoms with Crippen LogP contribution in [-0.2, 0) is 28.7 Å². The number of carbonyl (C=O) groups is 1. The molecule has 3 N–H and O–H groups in total. The SMILES string of the molecule is C=O.CC.CN.Cc1c(Cc2c(CN3CCC(CCO)CC3)nc3ccc(N4CCOCC4)nn23)cccc1C(F)(F)F. The Bertz CT molecular complexity index is 1240. The van der Waals surface area contributed by atoms with Crippen molar-refractivity contribution in [1.29, 1.82) is 0 Å². The Morgan fingerprint density at radius 1 is 1.05 bits per heavy atom. The van der Waals surface area contributed by atoms with Gasteiger partial charge in [-0.05, 0) is 81.6 Å². The first-order valence-electron chi connectivity index (χ1n) is 14.9. The summed E-state index contributed by atoms with van der Waals surface area (Å²) in [6.07, 6.45) is -1.21. The predicted molar refractivity (Wildman–Crippen MR) is 163 cm³/mol. The van der Waals surface area contributed by atoms with Crippen molar-refractivity contribution in [2.75, 3.05) is 57.9 Å². The van der Waals surface area contributed by atoms with Gasteiger partial charge in [0.25, 0.3) is 0 Å². The fraction of sp³-hybridized carbons (Fsp3) is 0.581. The van der Waals surface area contributed by atoms with Gasteiger partial charge in [0.1, 0.15) is 12.6 Å². The van der Waals surface area contributed by atoms with Gasteiger partial charge in [0, 0.05) is 32.7 Å². The second-order valence-electron chi connectivity index (χ2n) is 10.1. The first-order chi connectivity index (χ1) is 20.8. The van der Waals surface area contributed by atoms with E-state index in [0.717, 1.165) is 68.7 Å². The number of aliphatic hydroxyl groups is 1. The number of hydrogen-bond acceptors (Lipinski definition) is 8. The van der Waals surface area contributed by atoms with Gasteiger partial charge in [0.05, 0.1) is 30.2 Å². The lowest BCUT2D eigenvalue weighted by atomic mass is 9.93. The Morgan fingerprint density at radius 2 is 1.70 bits per heavy atom. The molecule has 1 aromatic carbocycles. The second-order valence-corrected chi connectivity index (χ2v) is 10.1. The van der Waals surface area contributed by atoms with E-state index in [0.29, 0.717) is 43.3 Å². The van der Waals surface area contributed by atoms with Crippen molar-refractivity contribution >= 4 is 18.3 Å². The maximum absolute atomic E-state index is 13.6. The van der Waals surface area contributed by atoms with E-state index in [4.69, 9.17) is 19.6 Å².